The normalized spacial score (nSPS) is 25.0. The van der Waals surface area contributed by atoms with E-state index in [4.69, 9.17) is 5.73 Å². The topological polar surface area (TPSA) is 41.3 Å². The van der Waals surface area contributed by atoms with Gasteiger partial charge in [-0.05, 0) is 57.0 Å². The Labute approximate surface area is 117 Å². The zero-order valence-electron chi connectivity index (χ0n) is 12.3. The predicted octanol–water partition coefficient (Wildman–Crippen LogP) is 2.61. The molecule has 0 saturated carbocycles. The number of anilines is 1. The van der Waals surface area contributed by atoms with E-state index >= 15 is 0 Å². The van der Waals surface area contributed by atoms with Gasteiger partial charge in [0.15, 0.2) is 0 Å². The molecule has 0 aliphatic carbocycles. The van der Waals surface area contributed by atoms with Crippen LogP contribution in [0.25, 0.3) is 0 Å². The van der Waals surface area contributed by atoms with Gasteiger partial charge in [0.25, 0.3) is 0 Å². The molecule has 0 radical (unpaired) electrons. The Morgan fingerprint density at radius 2 is 2.16 bits per heavy atom. The first-order valence-electron chi connectivity index (χ1n) is 7.45. The molecule has 1 unspecified atom stereocenters. The summed E-state index contributed by atoms with van der Waals surface area (Å²) in [5.41, 5.74) is 8.66. The highest BCUT2D eigenvalue weighted by molar-refractivity contribution is 5.48. The zero-order valence-corrected chi connectivity index (χ0v) is 12.3. The minimum absolute atomic E-state index is 0.0672. The molecule has 1 heterocycles. The fourth-order valence-corrected chi connectivity index (χ4v) is 2.98. The standard InChI is InChI=1S/C16H27N3/c1-3-19-10-5-8-16(13-17,9-11-19)18-15-7-4-6-14(2)12-15/h4,6-7,12,18H,3,5,8-11,13,17H2,1-2H3. The van der Waals surface area contributed by atoms with Crippen molar-refractivity contribution in [1.29, 1.82) is 0 Å². The smallest absolute Gasteiger partial charge is 0.0508 e. The van der Waals surface area contributed by atoms with E-state index in [-0.39, 0.29) is 5.54 Å². The average molecular weight is 261 g/mol. The third kappa shape index (κ3) is 3.71. The van der Waals surface area contributed by atoms with Crippen molar-refractivity contribution in [2.45, 2.75) is 38.6 Å². The Morgan fingerprint density at radius 1 is 1.32 bits per heavy atom. The van der Waals surface area contributed by atoms with E-state index in [0.717, 1.165) is 25.9 Å². The molecule has 0 amide bonds. The Kier molecular flexibility index (Phi) is 4.83. The lowest BCUT2D eigenvalue weighted by Gasteiger charge is -2.34. The Balaban J connectivity index is 2.09. The number of nitrogens with zero attached hydrogens (tertiary/aromatic N) is 1. The Bertz CT molecular complexity index is 405. The molecule has 1 aromatic carbocycles. The number of benzene rings is 1. The van der Waals surface area contributed by atoms with Crippen LogP contribution < -0.4 is 11.1 Å². The molecule has 1 aromatic rings. The van der Waals surface area contributed by atoms with Gasteiger partial charge < -0.3 is 16.0 Å². The number of nitrogens with two attached hydrogens (primary N) is 1. The molecule has 0 aromatic heterocycles. The predicted molar refractivity (Wildman–Crippen MR) is 82.6 cm³/mol. The van der Waals surface area contributed by atoms with Gasteiger partial charge in [0.1, 0.15) is 0 Å². The number of likely N-dealkylation sites (tertiary alicyclic amines) is 1. The molecule has 1 aliphatic rings. The van der Waals surface area contributed by atoms with E-state index in [1.165, 1.54) is 24.2 Å². The van der Waals surface area contributed by atoms with Gasteiger partial charge in [-0.3, -0.25) is 0 Å². The van der Waals surface area contributed by atoms with Gasteiger partial charge in [-0.15, -0.1) is 0 Å². The summed E-state index contributed by atoms with van der Waals surface area (Å²) in [4.78, 5) is 2.52. The number of hydrogen-bond acceptors (Lipinski definition) is 3. The van der Waals surface area contributed by atoms with Crippen LogP contribution in [0.2, 0.25) is 0 Å². The maximum atomic E-state index is 6.10. The van der Waals surface area contributed by atoms with Gasteiger partial charge in [-0.2, -0.15) is 0 Å². The van der Waals surface area contributed by atoms with E-state index in [0.29, 0.717) is 6.54 Å². The van der Waals surface area contributed by atoms with Crippen LogP contribution in [-0.2, 0) is 0 Å². The summed E-state index contributed by atoms with van der Waals surface area (Å²) in [5, 5.41) is 3.72. The Hall–Kier alpha value is -1.06. The first kappa shape index (κ1) is 14.4. The van der Waals surface area contributed by atoms with Crippen LogP contribution in [-0.4, -0.2) is 36.6 Å². The van der Waals surface area contributed by atoms with Crippen molar-refractivity contribution < 1.29 is 0 Å². The highest BCUT2D eigenvalue weighted by atomic mass is 15.1. The lowest BCUT2D eigenvalue weighted by molar-refractivity contribution is 0.293. The van der Waals surface area contributed by atoms with Gasteiger partial charge in [-0.1, -0.05) is 19.1 Å². The van der Waals surface area contributed by atoms with Gasteiger partial charge >= 0.3 is 0 Å². The molecule has 1 atom stereocenters. The largest absolute Gasteiger partial charge is 0.378 e. The number of rotatable bonds is 4. The second kappa shape index (κ2) is 6.40. The van der Waals surface area contributed by atoms with E-state index in [1.807, 2.05) is 0 Å². The molecule has 0 spiro atoms. The van der Waals surface area contributed by atoms with Crippen molar-refractivity contribution in [3.8, 4) is 0 Å². The molecular formula is C16H27N3. The van der Waals surface area contributed by atoms with Gasteiger partial charge in [0.2, 0.25) is 0 Å². The average Bonchev–Trinajstić information content (AvgIpc) is 2.62. The summed E-state index contributed by atoms with van der Waals surface area (Å²) in [7, 11) is 0. The summed E-state index contributed by atoms with van der Waals surface area (Å²) in [6.45, 7) is 8.57. The third-order valence-electron chi connectivity index (χ3n) is 4.30. The monoisotopic (exact) mass is 261 g/mol. The van der Waals surface area contributed by atoms with Crippen molar-refractivity contribution in [2.24, 2.45) is 5.73 Å². The fraction of sp³-hybridized carbons (Fsp3) is 0.625. The maximum absolute atomic E-state index is 6.10. The molecule has 1 aliphatic heterocycles. The number of hydrogen-bond donors (Lipinski definition) is 2. The van der Waals surface area contributed by atoms with Crippen LogP contribution in [0.5, 0.6) is 0 Å². The molecule has 19 heavy (non-hydrogen) atoms. The van der Waals surface area contributed by atoms with Crippen molar-refractivity contribution in [1.82, 2.24) is 4.90 Å². The maximum Gasteiger partial charge on any atom is 0.0508 e. The molecule has 1 saturated heterocycles. The third-order valence-corrected chi connectivity index (χ3v) is 4.30. The van der Waals surface area contributed by atoms with Crippen molar-refractivity contribution >= 4 is 5.69 Å². The summed E-state index contributed by atoms with van der Waals surface area (Å²) in [6, 6.07) is 8.59. The summed E-state index contributed by atoms with van der Waals surface area (Å²) in [6.07, 6.45) is 3.52. The molecular weight excluding hydrogens is 234 g/mol. The SMILES string of the molecule is CCN1CCCC(CN)(Nc2cccc(C)c2)CC1. The van der Waals surface area contributed by atoms with Gasteiger partial charge in [0, 0.05) is 18.8 Å². The van der Waals surface area contributed by atoms with E-state index in [9.17, 15) is 0 Å². The highest BCUT2D eigenvalue weighted by Gasteiger charge is 2.30. The van der Waals surface area contributed by atoms with Crippen LogP contribution in [0.15, 0.2) is 24.3 Å². The second-order valence-corrected chi connectivity index (χ2v) is 5.77. The molecule has 0 bridgehead atoms. The molecule has 2 rings (SSSR count). The van der Waals surface area contributed by atoms with E-state index in [1.54, 1.807) is 0 Å². The summed E-state index contributed by atoms with van der Waals surface area (Å²) in [5.74, 6) is 0. The summed E-state index contributed by atoms with van der Waals surface area (Å²) >= 11 is 0. The van der Waals surface area contributed by atoms with Crippen LogP contribution in [0, 0.1) is 6.92 Å². The van der Waals surface area contributed by atoms with Crippen molar-refractivity contribution in [2.75, 3.05) is 31.5 Å². The number of aryl methyl sites for hydroxylation is 1. The molecule has 106 valence electrons. The fourth-order valence-electron chi connectivity index (χ4n) is 2.98. The second-order valence-electron chi connectivity index (χ2n) is 5.77. The van der Waals surface area contributed by atoms with Crippen molar-refractivity contribution in [3.05, 3.63) is 29.8 Å². The highest BCUT2D eigenvalue weighted by Crippen LogP contribution is 2.26. The van der Waals surface area contributed by atoms with E-state index in [2.05, 4.69) is 48.3 Å². The molecule has 3 nitrogen and oxygen atoms in total. The molecule has 3 N–H and O–H groups in total. The molecule has 3 heteroatoms. The van der Waals surface area contributed by atoms with Crippen LogP contribution >= 0.6 is 0 Å². The lowest BCUT2D eigenvalue weighted by atomic mass is 9.90. The summed E-state index contributed by atoms with van der Waals surface area (Å²) < 4.78 is 0. The first-order valence-corrected chi connectivity index (χ1v) is 7.45. The lowest BCUT2D eigenvalue weighted by Crippen LogP contribution is -2.46. The minimum Gasteiger partial charge on any atom is -0.378 e. The van der Waals surface area contributed by atoms with Crippen molar-refractivity contribution in [3.63, 3.8) is 0 Å². The van der Waals surface area contributed by atoms with Crippen LogP contribution in [0.4, 0.5) is 5.69 Å². The number of nitrogens with one attached hydrogen (secondary N) is 1. The zero-order chi connectivity index (χ0) is 13.7. The molecule has 1 fully saturated rings. The van der Waals surface area contributed by atoms with Crippen LogP contribution in [0.1, 0.15) is 31.7 Å². The Morgan fingerprint density at radius 3 is 2.84 bits per heavy atom. The van der Waals surface area contributed by atoms with Gasteiger partial charge in [-0.25, -0.2) is 0 Å². The van der Waals surface area contributed by atoms with Gasteiger partial charge in [0.05, 0.1) is 5.54 Å². The first-order chi connectivity index (χ1) is 9.17. The minimum atomic E-state index is 0.0672. The van der Waals surface area contributed by atoms with E-state index < -0.39 is 0 Å². The quantitative estimate of drug-likeness (QED) is 0.875. The van der Waals surface area contributed by atoms with Crippen LogP contribution in [0.3, 0.4) is 0 Å².